The van der Waals surface area contributed by atoms with Crippen LogP contribution >= 0.6 is 0 Å². The van der Waals surface area contributed by atoms with Crippen LogP contribution in [0, 0.1) is 22.7 Å². The maximum Gasteiger partial charge on any atom is 0.190 e. The number of nitriles is 2. The number of nitrogens with zero attached hydrogens (tertiary/aromatic N) is 6. The van der Waals surface area contributed by atoms with Crippen molar-refractivity contribution in [3.05, 3.63) is 35.7 Å². The molecule has 0 radical (unpaired) electrons. The van der Waals surface area contributed by atoms with Crippen molar-refractivity contribution in [2.45, 2.75) is 0 Å². The van der Waals surface area contributed by atoms with Gasteiger partial charge in [0.05, 0.1) is 0 Å². The molecule has 20 heavy (non-hydrogen) atoms. The van der Waals surface area contributed by atoms with Crippen molar-refractivity contribution >= 4 is 0 Å². The van der Waals surface area contributed by atoms with E-state index in [2.05, 4.69) is 30.8 Å². The van der Waals surface area contributed by atoms with Gasteiger partial charge < -0.3 is 0 Å². The molecule has 0 unspecified atom stereocenters. The summed E-state index contributed by atoms with van der Waals surface area (Å²) in [4.78, 5) is 0. The SMILES string of the molecule is N#Cc1n[nH]nc1-c1ccc(-c2n[nH]nc2C#N)cc1. The van der Waals surface area contributed by atoms with Crippen molar-refractivity contribution in [2.75, 3.05) is 0 Å². The van der Waals surface area contributed by atoms with E-state index < -0.39 is 0 Å². The molecule has 0 aliphatic carbocycles. The summed E-state index contributed by atoms with van der Waals surface area (Å²) in [7, 11) is 0. The summed E-state index contributed by atoms with van der Waals surface area (Å²) in [6.07, 6.45) is 0. The summed E-state index contributed by atoms with van der Waals surface area (Å²) in [5.41, 5.74) is 2.94. The minimum Gasteiger partial charge on any atom is -0.196 e. The zero-order valence-electron chi connectivity index (χ0n) is 9.99. The van der Waals surface area contributed by atoms with E-state index in [0.717, 1.165) is 11.1 Å². The summed E-state index contributed by atoms with van der Waals surface area (Å²) >= 11 is 0. The number of hydrogen-bond donors (Lipinski definition) is 2. The lowest BCUT2D eigenvalue weighted by atomic mass is 10.1. The van der Waals surface area contributed by atoms with E-state index >= 15 is 0 Å². The Hall–Kier alpha value is -3.52. The van der Waals surface area contributed by atoms with E-state index in [1.807, 2.05) is 12.1 Å². The van der Waals surface area contributed by atoms with Gasteiger partial charge in [0.15, 0.2) is 11.4 Å². The molecule has 2 aromatic heterocycles. The van der Waals surface area contributed by atoms with Crippen LogP contribution in [0.15, 0.2) is 24.3 Å². The fourth-order valence-corrected chi connectivity index (χ4v) is 1.81. The first-order valence-electron chi connectivity index (χ1n) is 5.56. The average molecular weight is 262 g/mol. The molecule has 0 aliphatic rings. The zero-order valence-corrected chi connectivity index (χ0v) is 9.99. The molecule has 94 valence electrons. The molecule has 8 heteroatoms. The van der Waals surface area contributed by atoms with Crippen molar-refractivity contribution in [2.24, 2.45) is 0 Å². The van der Waals surface area contributed by atoms with Gasteiger partial charge in [-0.2, -0.15) is 31.1 Å². The van der Waals surface area contributed by atoms with Gasteiger partial charge in [0.25, 0.3) is 0 Å². The summed E-state index contributed by atoms with van der Waals surface area (Å²) in [5.74, 6) is 0. The molecule has 3 aromatic rings. The van der Waals surface area contributed by atoms with E-state index in [0.29, 0.717) is 11.4 Å². The van der Waals surface area contributed by atoms with Crippen LogP contribution in [0.4, 0.5) is 0 Å². The first-order valence-corrected chi connectivity index (χ1v) is 5.56. The third-order valence-electron chi connectivity index (χ3n) is 2.74. The highest BCUT2D eigenvalue weighted by atomic mass is 15.3. The Morgan fingerprint density at radius 3 is 1.45 bits per heavy atom. The van der Waals surface area contributed by atoms with Crippen LogP contribution in [0.5, 0.6) is 0 Å². The second-order valence-corrected chi connectivity index (χ2v) is 3.84. The van der Waals surface area contributed by atoms with Gasteiger partial charge in [0.1, 0.15) is 23.5 Å². The number of nitrogens with one attached hydrogen (secondary N) is 2. The third-order valence-corrected chi connectivity index (χ3v) is 2.74. The first-order chi connectivity index (χ1) is 9.83. The number of aromatic nitrogens is 6. The second-order valence-electron chi connectivity index (χ2n) is 3.84. The van der Waals surface area contributed by atoms with E-state index in [9.17, 15) is 0 Å². The fraction of sp³-hybridized carbons (Fsp3) is 0. The molecule has 0 saturated carbocycles. The maximum atomic E-state index is 8.91. The smallest absolute Gasteiger partial charge is 0.190 e. The summed E-state index contributed by atoms with van der Waals surface area (Å²) in [6.45, 7) is 0. The van der Waals surface area contributed by atoms with Gasteiger partial charge in [0.2, 0.25) is 0 Å². The van der Waals surface area contributed by atoms with Crippen molar-refractivity contribution < 1.29 is 0 Å². The molecule has 0 atom stereocenters. The standard InChI is InChI=1S/C12H6N8/c13-5-9-11(17-19-15-9)7-1-2-8(4-3-7)12-10(6-14)16-20-18-12/h1-4H,(H,15,17,19)(H,16,18,20). The highest BCUT2D eigenvalue weighted by molar-refractivity contribution is 5.70. The number of H-pyrrole nitrogens is 2. The molecule has 0 bridgehead atoms. The Morgan fingerprint density at radius 1 is 0.700 bits per heavy atom. The molecule has 2 N–H and O–H groups in total. The van der Waals surface area contributed by atoms with Crippen LogP contribution in [0.25, 0.3) is 22.5 Å². The predicted octanol–water partition coefficient (Wildman–Crippen LogP) is 1.00. The molecule has 0 aliphatic heterocycles. The van der Waals surface area contributed by atoms with Crippen LogP contribution < -0.4 is 0 Å². The fourth-order valence-electron chi connectivity index (χ4n) is 1.81. The largest absolute Gasteiger partial charge is 0.196 e. The van der Waals surface area contributed by atoms with E-state index in [4.69, 9.17) is 10.5 Å². The van der Waals surface area contributed by atoms with Gasteiger partial charge in [-0.15, -0.1) is 10.2 Å². The van der Waals surface area contributed by atoms with Crippen LogP contribution in [0.1, 0.15) is 11.4 Å². The number of hydrogen-bond acceptors (Lipinski definition) is 6. The summed E-state index contributed by atoms with van der Waals surface area (Å²) < 4.78 is 0. The van der Waals surface area contributed by atoms with Crippen LogP contribution in [0.2, 0.25) is 0 Å². The van der Waals surface area contributed by atoms with Gasteiger partial charge >= 0.3 is 0 Å². The Bertz CT molecular complexity index is 756. The predicted molar refractivity (Wildman–Crippen MR) is 66.6 cm³/mol. The summed E-state index contributed by atoms with van der Waals surface area (Å²) in [5, 5.41) is 38.0. The van der Waals surface area contributed by atoms with Crippen molar-refractivity contribution in [3.8, 4) is 34.7 Å². The quantitative estimate of drug-likeness (QED) is 0.708. The molecule has 1 aromatic carbocycles. The van der Waals surface area contributed by atoms with Crippen LogP contribution in [-0.4, -0.2) is 30.8 Å². The monoisotopic (exact) mass is 262 g/mol. The molecule has 0 amide bonds. The number of aromatic amines is 2. The zero-order chi connectivity index (χ0) is 13.9. The number of rotatable bonds is 2. The second kappa shape index (κ2) is 4.63. The van der Waals surface area contributed by atoms with E-state index in [1.165, 1.54) is 0 Å². The topological polar surface area (TPSA) is 131 Å². The molecule has 2 heterocycles. The molecule has 0 saturated heterocycles. The van der Waals surface area contributed by atoms with Gasteiger partial charge in [-0.05, 0) is 0 Å². The van der Waals surface area contributed by atoms with Gasteiger partial charge in [-0.1, -0.05) is 24.3 Å². The Kier molecular flexibility index (Phi) is 2.68. The maximum absolute atomic E-state index is 8.91. The molecule has 0 fully saturated rings. The normalized spacial score (nSPS) is 9.90. The Labute approximate surface area is 112 Å². The first kappa shape index (κ1) is 11.6. The van der Waals surface area contributed by atoms with E-state index in [-0.39, 0.29) is 11.4 Å². The molecular formula is C12H6N8. The molecular weight excluding hydrogens is 256 g/mol. The minimum atomic E-state index is 0.233. The third kappa shape index (κ3) is 1.78. The van der Waals surface area contributed by atoms with Crippen molar-refractivity contribution in [1.29, 1.82) is 10.5 Å². The lowest BCUT2D eigenvalue weighted by molar-refractivity contribution is 0.936. The molecule has 8 nitrogen and oxygen atoms in total. The van der Waals surface area contributed by atoms with Gasteiger partial charge in [-0.3, -0.25) is 0 Å². The molecule has 0 spiro atoms. The van der Waals surface area contributed by atoms with E-state index in [1.54, 1.807) is 24.3 Å². The Morgan fingerprint density at radius 2 is 1.10 bits per heavy atom. The minimum absolute atomic E-state index is 0.233. The number of benzene rings is 1. The lowest BCUT2D eigenvalue weighted by Crippen LogP contribution is -1.85. The summed E-state index contributed by atoms with van der Waals surface area (Å²) in [6, 6.07) is 11.0. The van der Waals surface area contributed by atoms with Crippen molar-refractivity contribution in [1.82, 2.24) is 30.8 Å². The van der Waals surface area contributed by atoms with Crippen LogP contribution in [-0.2, 0) is 0 Å². The van der Waals surface area contributed by atoms with Gasteiger partial charge in [-0.25, -0.2) is 0 Å². The lowest BCUT2D eigenvalue weighted by Gasteiger charge is -1.99. The van der Waals surface area contributed by atoms with Gasteiger partial charge in [0, 0.05) is 11.1 Å². The van der Waals surface area contributed by atoms with Crippen LogP contribution in [0.3, 0.4) is 0 Å². The highest BCUT2D eigenvalue weighted by Crippen LogP contribution is 2.24. The molecule has 3 rings (SSSR count). The average Bonchev–Trinajstić information content (AvgIpc) is 3.15. The van der Waals surface area contributed by atoms with Crippen molar-refractivity contribution in [3.63, 3.8) is 0 Å². The highest BCUT2D eigenvalue weighted by Gasteiger charge is 2.12. The Balaban J connectivity index is 2.01.